The van der Waals surface area contributed by atoms with Crippen LogP contribution in [0.15, 0.2) is 84.4 Å². The van der Waals surface area contributed by atoms with Crippen LogP contribution in [0.5, 0.6) is 11.5 Å². The van der Waals surface area contributed by atoms with Gasteiger partial charge in [-0.05, 0) is 79.8 Å². The van der Waals surface area contributed by atoms with E-state index in [0.29, 0.717) is 34.4 Å². The Labute approximate surface area is 260 Å². The number of methoxy groups -OCH3 is 1. The monoisotopic (exact) mass is 604 g/mol. The maximum absolute atomic E-state index is 13.8. The van der Waals surface area contributed by atoms with Crippen LogP contribution in [-0.2, 0) is 16.2 Å². The van der Waals surface area contributed by atoms with Crippen molar-refractivity contribution >= 4 is 44.1 Å². The number of hydrogen-bond donors (Lipinski definition) is 1. The molecule has 1 saturated heterocycles. The standard InChI is InChI=1S/C36H32N2O5S/c1-20-11-12-22(3)26(16-20)33(39)30-32(25-13-14-27(28(18-25)42-5)43-19-24-9-7-6-8-10-24)38(35(41)34(30)40)36-37-31-23(4)15-21(2)17-29(31)44-36/h6-18,32,39H,19H2,1-5H3. The van der Waals surface area contributed by atoms with Gasteiger partial charge in [-0.15, -0.1) is 0 Å². The minimum atomic E-state index is -0.950. The average Bonchev–Trinajstić information content (AvgIpc) is 3.55. The molecule has 0 aliphatic carbocycles. The summed E-state index contributed by atoms with van der Waals surface area (Å²) < 4.78 is 12.7. The summed E-state index contributed by atoms with van der Waals surface area (Å²) in [4.78, 5) is 33.9. The number of anilines is 1. The van der Waals surface area contributed by atoms with E-state index in [-0.39, 0.29) is 11.3 Å². The molecule has 1 unspecified atom stereocenters. The summed E-state index contributed by atoms with van der Waals surface area (Å²) in [5, 5.41) is 12.1. The first-order chi connectivity index (χ1) is 21.2. The summed E-state index contributed by atoms with van der Waals surface area (Å²) in [5.74, 6) is -0.805. The highest BCUT2D eigenvalue weighted by molar-refractivity contribution is 7.22. The molecule has 44 heavy (non-hydrogen) atoms. The van der Waals surface area contributed by atoms with Gasteiger partial charge in [0.1, 0.15) is 12.4 Å². The van der Waals surface area contributed by atoms with Crippen molar-refractivity contribution < 1.29 is 24.2 Å². The van der Waals surface area contributed by atoms with E-state index in [2.05, 4.69) is 0 Å². The quantitative estimate of drug-likeness (QED) is 0.116. The summed E-state index contributed by atoms with van der Waals surface area (Å²) in [6.45, 7) is 8.10. The lowest BCUT2D eigenvalue weighted by molar-refractivity contribution is -0.132. The van der Waals surface area contributed by atoms with E-state index in [0.717, 1.165) is 38.0 Å². The van der Waals surface area contributed by atoms with Gasteiger partial charge in [0.25, 0.3) is 5.78 Å². The molecular formula is C36H32N2O5S. The van der Waals surface area contributed by atoms with Crippen molar-refractivity contribution in [3.05, 3.63) is 123 Å². The van der Waals surface area contributed by atoms with Crippen molar-refractivity contribution in [2.24, 2.45) is 0 Å². The average molecular weight is 605 g/mol. The third-order valence-corrected chi connectivity index (χ3v) is 8.86. The minimum absolute atomic E-state index is 0.00383. The SMILES string of the molecule is COc1cc(C2C(=C(O)c3cc(C)ccc3C)C(=O)C(=O)N2c2nc3c(C)cc(C)cc3s2)ccc1OCc1ccccc1. The van der Waals surface area contributed by atoms with E-state index in [4.69, 9.17) is 14.5 Å². The van der Waals surface area contributed by atoms with Gasteiger partial charge in [-0.3, -0.25) is 14.5 Å². The third-order valence-electron chi connectivity index (χ3n) is 7.86. The Hall–Kier alpha value is -4.95. The van der Waals surface area contributed by atoms with Crippen LogP contribution < -0.4 is 14.4 Å². The summed E-state index contributed by atoms with van der Waals surface area (Å²) in [7, 11) is 1.54. The second-order valence-corrected chi connectivity index (χ2v) is 12.1. The zero-order valence-electron chi connectivity index (χ0n) is 25.2. The van der Waals surface area contributed by atoms with E-state index in [9.17, 15) is 14.7 Å². The number of carbonyl (C=O) groups is 2. The molecule has 0 bridgehead atoms. The molecule has 8 heteroatoms. The molecule has 7 nitrogen and oxygen atoms in total. The summed E-state index contributed by atoms with van der Waals surface area (Å²) in [5.41, 5.74) is 6.60. The van der Waals surface area contributed by atoms with Gasteiger partial charge in [-0.1, -0.05) is 71.5 Å². The molecule has 1 aliphatic rings. The highest BCUT2D eigenvalue weighted by atomic mass is 32.1. The van der Waals surface area contributed by atoms with E-state index < -0.39 is 17.7 Å². The number of aliphatic hydroxyl groups is 1. The first-order valence-corrected chi connectivity index (χ1v) is 15.1. The highest BCUT2D eigenvalue weighted by Gasteiger charge is 2.48. The zero-order valence-corrected chi connectivity index (χ0v) is 26.0. The van der Waals surface area contributed by atoms with Crippen molar-refractivity contribution in [3.8, 4) is 11.5 Å². The lowest BCUT2D eigenvalue weighted by Gasteiger charge is -2.24. The first kappa shape index (κ1) is 29.1. The highest BCUT2D eigenvalue weighted by Crippen LogP contribution is 2.46. The fourth-order valence-corrected chi connectivity index (χ4v) is 6.82. The fourth-order valence-electron chi connectivity index (χ4n) is 5.65. The van der Waals surface area contributed by atoms with E-state index in [1.807, 2.05) is 88.4 Å². The van der Waals surface area contributed by atoms with Gasteiger partial charge in [-0.2, -0.15) is 0 Å². The zero-order chi connectivity index (χ0) is 31.1. The Bertz CT molecular complexity index is 1960. The summed E-state index contributed by atoms with van der Waals surface area (Å²) >= 11 is 1.34. The number of amides is 1. The Morgan fingerprint density at radius 1 is 0.886 bits per heavy atom. The number of Topliss-reactive ketones (excluding diaryl/α,β-unsaturated/α-hetero) is 1. The molecule has 1 fully saturated rings. The number of aliphatic hydroxyl groups excluding tert-OH is 1. The number of rotatable bonds is 7. The second-order valence-electron chi connectivity index (χ2n) is 11.1. The molecule has 1 amide bonds. The normalized spacial score (nSPS) is 16.1. The largest absolute Gasteiger partial charge is 0.507 e. The van der Waals surface area contributed by atoms with Gasteiger partial charge in [0, 0.05) is 5.56 Å². The number of thiazole rings is 1. The molecule has 222 valence electrons. The van der Waals surface area contributed by atoms with Crippen molar-refractivity contribution in [2.45, 2.75) is 40.3 Å². The smallest absolute Gasteiger partial charge is 0.301 e. The van der Waals surface area contributed by atoms with Crippen molar-refractivity contribution in [2.75, 3.05) is 12.0 Å². The Morgan fingerprint density at radius 3 is 2.41 bits per heavy atom. The Morgan fingerprint density at radius 2 is 1.66 bits per heavy atom. The van der Waals surface area contributed by atoms with Gasteiger partial charge in [0.05, 0.1) is 28.9 Å². The van der Waals surface area contributed by atoms with Gasteiger partial charge >= 0.3 is 5.91 Å². The molecular weight excluding hydrogens is 572 g/mol. The lowest BCUT2D eigenvalue weighted by atomic mass is 9.93. The molecule has 1 aromatic heterocycles. The van der Waals surface area contributed by atoms with Crippen molar-refractivity contribution in [1.82, 2.24) is 4.98 Å². The number of hydrogen-bond acceptors (Lipinski definition) is 7. The predicted octanol–water partition coefficient (Wildman–Crippen LogP) is 7.74. The van der Waals surface area contributed by atoms with Crippen LogP contribution in [0.1, 0.15) is 45.0 Å². The molecule has 0 radical (unpaired) electrons. The van der Waals surface area contributed by atoms with Crippen LogP contribution in [0.2, 0.25) is 0 Å². The number of nitrogens with zero attached hydrogens (tertiary/aromatic N) is 2. The van der Waals surface area contributed by atoms with Crippen LogP contribution in [0.25, 0.3) is 16.0 Å². The minimum Gasteiger partial charge on any atom is -0.507 e. The fraction of sp³-hybridized carbons (Fsp3) is 0.194. The Kier molecular flexibility index (Phi) is 7.69. The summed E-state index contributed by atoms with van der Waals surface area (Å²) in [6, 6.07) is 23.9. The van der Waals surface area contributed by atoms with E-state index in [1.165, 1.54) is 16.2 Å². The van der Waals surface area contributed by atoms with E-state index in [1.54, 1.807) is 25.3 Å². The van der Waals surface area contributed by atoms with Gasteiger partial charge in [0.15, 0.2) is 16.6 Å². The van der Waals surface area contributed by atoms with E-state index >= 15 is 0 Å². The third kappa shape index (κ3) is 5.22. The predicted molar refractivity (Wildman–Crippen MR) is 174 cm³/mol. The van der Waals surface area contributed by atoms with Crippen molar-refractivity contribution in [3.63, 3.8) is 0 Å². The van der Waals surface area contributed by atoms with Gasteiger partial charge < -0.3 is 14.6 Å². The molecule has 4 aromatic carbocycles. The molecule has 1 atom stereocenters. The van der Waals surface area contributed by atoms with Crippen LogP contribution in [0.4, 0.5) is 5.13 Å². The van der Waals surface area contributed by atoms with Crippen LogP contribution in [-0.4, -0.2) is 28.9 Å². The molecule has 0 saturated carbocycles. The number of ketones is 1. The number of ether oxygens (including phenoxy) is 2. The molecule has 1 aliphatic heterocycles. The van der Waals surface area contributed by atoms with Gasteiger partial charge in [0.2, 0.25) is 0 Å². The lowest BCUT2D eigenvalue weighted by Crippen LogP contribution is -2.29. The molecule has 6 rings (SSSR count). The first-order valence-electron chi connectivity index (χ1n) is 14.3. The topological polar surface area (TPSA) is 89.0 Å². The molecule has 2 heterocycles. The molecule has 5 aromatic rings. The van der Waals surface area contributed by atoms with Crippen LogP contribution in [0, 0.1) is 27.7 Å². The number of benzene rings is 4. The number of carbonyl (C=O) groups excluding carboxylic acids is 2. The number of fused-ring (bicyclic) bond motifs is 1. The van der Waals surface area contributed by atoms with Crippen molar-refractivity contribution in [1.29, 1.82) is 0 Å². The number of aromatic nitrogens is 1. The second kappa shape index (κ2) is 11.6. The molecule has 0 spiro atoms. The summed E-state index contributed by atoms with van der Waals surface area (Å²) in [6.07, 6.45) is 0. The maximum Gasteiger partial charge on any atom is 0.301 e. The number of aryl methyl sites for hydroxylation is 4. The van der Waals surface area contributed by atoms with Crippen LogP contribution >= 0.6 is 11.3 Å². The van der Waals surface area contributed by atoms with Crippen LogP contribution in [0.3, 0.4) is 0 Å². The maximum atomic E-state index is 13.8. The Balaban J connectivity index is 1.51. The van der Waals surface area contributed by atoms with Gasteiger partial charge in [-0.25, -0.2) is 4.98 Å². The molecule has 1 N–H and O–H groups in total.